The lowest BCUT2D eigenvalue weighted by Gasteiger charge is -2.14. The summed E-state index contributed by atoms with van der Waals surface area (Å²) in [6.07, 6.45) is 1.20. The molecule has 0 aliphatic carbocycles. The average molecular weight is 527 g/mol. The first kappa shape index (κ1) is 25.0. The van der Waals surface area contributed by atoms with Crippen molar-refractivity contribution in [1.82, 2.24) is 14.7 Å². The number of nitrogens with zero attached hydrogens (tertiary/aromatic N) is 1. The summed E-state index contributed by atoms with van der Waals surface area (Å²) in [5.41, 5.74) is 9.80. The third-order valence-electron chi connectivity index (χ3n) is 6.20. The number of carbonyl (C=O) groups is 1. The quantitative estimate of drug-likeness (QED) is 0.210. The number of carbonyl (C=O) groups excluding carboxylic acids is 1. The van der Waals surface area contributed by atoms with Gasteiger partial charge in [0.1, 0.15) is 11.6 Å². The molecule has 192 valence electrons. The molecule has 5 aromatic rings. The second-order valence-corrected chi connectivity index (χ2v) is 10.6. The van der Waals surface area contributed by atoms with Gasteiger partial charge in [0.15, 0.2) is 0 Å². The lowest BCUT2D eigenvalue weighted by atomic mass is 10.0. The fourth-order valence-corrected chi connectivity index (χ4v) is 5.37. The highest BCUT2D eigenvalue weighted by Crippen LogP contribution is 2.40. The van der Waals surface area contributed by atoms with Crippen molar-refractivity contribution < 1.29 is 18.3 Å². The van der Waals surface area contributed by atoms with Crippen LogP contribution in [0.4, 0.5) is 5.69 Å². The minimum absolute atomic E-state index is 0.0463. The first-order chi connectivity index (χ1) is 18.3. The van der Waals surface area contributed by atoms with Gasteiger partial charge in [0.25, 0.3) is 10.0 Å². The Bertz CT molecular complexity index is 1700. The summed E-state index contributed by atoms with van der Waals surface area (Å²) in [5, 5.41) is 11.2. The Labute approximate surface area is 220 Å². The number of anilines is 1. The van der Waals surface area contributed by atoms with Gasteiger partial charge in [-0.2, -0.15) is 0 Å². The van der Waals surface area contributed by atoms with Crippen molar-refractivity contribution in [2.24, 2.45) is 0 Å². The number of phenolic OH excluding ortho intramolecular Hbond substituents is 1. The van der Waals surface area contributed by atoms with Gasteiger partial charge in [-0.05, 0) is 60.4 Å². The van der Waals surface area contributed by atoms with Gasteiger partial charge in [-0.15, -0.1) is 0 Å². The van der Waals surface area contributed by atoms with E-state index >= 15 is 0 Å². The van der Waals surface area contributed by atoms with Crippen LogP contribution in [0.2, 0.25) is 0 Å². The van der Waals surface area contributed by atoms with Crippen LogP contribution >= 0.6 is 0 Å². The maximum Gasteiger partial charge on any atom is 0.264 e. The Morgan fingerprint density at radius 1 is 0.921 bits per heavy atom. The Morgan fingerprint density at radius 2 is 1.66 bits per heavy atom. The number of aryl methyl sites for hydroxylation is 1. The molecule has 38 heavy (non-hydrogen) atoms. The molecule has 0 atom stereocenters. The SMILES string of the molecule is Nc1cccc(-c2cc(S(=O)(=O)NC(=O)CCCc3ccccc3)cc(-c3nc4ccccc4[nH]3)c2O)c1. The number of nitrogens with one attached hydrogen (secondary N) is 2. The molecule has 8 nitrogen and oxygen atoms in total. The zero-order chi connectivity index (χ0) is 26.7. The largest absolute Gasteiger partial charge is 0.507 e. The molecule has 9 heteroatoms. The second kappa shape index (κ2) is 10.4. The van der Waals surface area contributed by atoms with Crippen LogP contribution in [-0.2, 0) is 21.2 Å². The first-order valence-corrected chi connectivity index (χ1v) is 13.6. The molecule has 0 spiro atoms. The molecule has 1 amide bonds. The van der Waals surface area contributed by atoms with Gasteiger partial charge < -0.3 is 15.8 Å². The van der Waals surface area contributed by atoms with Crippen LogP contribution in [-0.4, -0.2) is 29.4 Å². The number of H-pyrrole nitrogens is 1. The van der Waals surface area contributed by atoms with Gasteiger partial charge in [-0.3, -0.25) is 4.79 Å². The zero-order valence-corrected chi connectivity index (χ0v) is 21.2. The van der Waals surface area contributed by atoms with E-state index in [9.17, 15) is 18.3 Å². The van der Waals surface area contributed by atoms with Crippen molar-refractivity contribution in [3.63, 3.8) is 0 Å². The summed E-state index contributed by atoms with van der Waals surface area (Å²) < 4.78 is 28.8. The van der Waals surface area contributed by atoms with Gasteiger partial charge in [0.05, 0.1) is 21.5 Å². The number of benzene rings is 4. The molecular weight excluding hydrogens is 500 g/mol. The smallest absolute Gasteiger partial charge is 0.264 e. The summed E-state index contributed by atoms with van der Waals surface area (Å²) >= 11 is 0. The van der Waals surface area contributed by atoms with Gasteiger partial charge in [0.2, 0.25) is 5.91 Å². The number of rotatable bonds is 8. The Kier molecular flexibility index (Phi) is 6.85. The molecule has 0 fully saturated rings. The highest BCUT2D eigenvalue weighted by Gasteiger charge is 2.24. The summed E-state index contributed by atoms with van der Waals surface area (Å²) in [5.74, 6) is -0.479. The number of para-hydroxylation sites is 2. The lowest BCUT2D eigenvalue weighted by molar-refractivity contribution is -0.119. The number of sulfonamides is 1. The number of imidazole rings is 1. The van der Waals surface area contributed by atoms with Crippen molar-refractivity contribution in [3.8, 4) is 28.3 Å². The predicted octanol–water partition coefficient (Wildman–Crippen LogP) is 5.01. The number of aromatic nitrogens is 2. The van der Waals surface area contributed by atoms with E-state index in [0.717, 1.165) is 11.1 Å². The molecule has 5 N–H and O–H groups in total. The van der Waals surface area contributed by atoms with Crippen LogP contribution in [0.3, 0.4) is 0 Å². The van der Waals surface area contributed by atoms with Gasteiger partial charge in [-0.1, -0.05) is 54.6 Å². The Balaban J connectivity index is 1.49. The van der Waals surface area contributed by atoms with E-state index in [1.807, 2.05) is 48.5 Å². The van der Waals surface area contributed by atoms with E-state index in [2.05, 4.69) is 14.7 Å². The fraction of sp³-hybridized carbons (Fsp3) is 0.103. The number of phenols is 1. The van der Waals surface area contributed by atoms with Gasteiger partial charge >= 0.3 is 0 Å². The zero-order valence-electron chi connectivity index (χ0n) is 20.4. The lowest BCUT2D eigenvalue weighted by Crippen LogP contribution is -2.30. The van der Waals surface area contributed by atoms with Crippen molar-refractivity contribution in [2.45, 2.75) is 24.2 Å². The van der Waals surface area contributed by atoms with Crippen LogP contribution in [0, 0.1) is 0 Å². The molecule has 5 rings (SSSR count). The molecule has 1 heterocycles. The van der Waals surface area contributed by atoms with E-state index in [-0.39, 0.29) is 28.2 Å². The number of hydrogen-bond donors (Lipinski definition) is 4. The maximum atomic E-state index is 13.3. The molecule has 0 saturated heterocycles. The van der Waals surface area contributed by atoms with Gasteiger partial charge in [-0.25, -0.2) is 18.1 Å². The molecular formula is C29H26N4O4S. The van der Waals surface area contributed by atoms with Crippen LogP contribution < -0.4 is 10.5 Å². The number of amides is 1. The first-order valence-electron chi connectivity index (χ1n) is 12.1. The second-order valence-electron chi connectivity index (χ2n) is 8.96. The molecule has 0 unspecified atom stereocenters. The van der Waals surface area contributed by atoms with Crippen molar-refractivity contribution in [3.05, 3.63) is 96.6 Å². The van der Waals surface area contributed by atoms with E-state index < -0.39 is 15.9 Å². The van der Waals surface area contributed by atoms with Crippen LogP contribution in [0.1, 0.15) is 18.4 Å². The third-order valence-corrected chi connectivity index (χ3v) is 7.55. The number of aromatic hydroxyl groups is 1. The summed E-state index contributed by atoms with van der Waals surface area (Å²) in [6, 6.07) is 26.4. The number of nitrogen functional groups attached to an aromatic ring is 1. The van der Waals surface area contributed by atoms with E-state index in [1.165, 1.54) is 12.1 Å². The standard InChI is InChI=1S/C29H26N4O4S/c30-21-12-7-11-20(16-21)23-17-22(18-24(28(23)35)29-31-25-13-4-5-14-26(25)32-29)38(36,37)33-27(34)15-6-10-19-8-2-1-3-9-19/h1-5,7-9,11-14,16-18,35H,6,10,15,30H2,(H,31,32)(H,33,34). The summed E-state index contributed by atoms with van der Waals surface area (Å²) in [6.45, 7) is 0. The maximum absolute atomic E-state index is 13.3. The van der Waals surface area contributed by atoms with Crippen LogP contribution in [0.5, 0.6) is 5.75 Å². The van der Waals surface area contributed by atoms with E-state index in [1.54, 1.807) is 30.3 Å². The monoisotopic (exact) mass is 526 g/mol. The minimum Gasteiger partial charge on any atom is -0.507 e. The van der Waals surface area contributed by atoms with Crippen LogP contribution in [0.15, 0.2) is 95.9 Å². The van der Waals surface area contributed by atoms with E-state index in [0.29, 0.717) is 35.4 Å². The Hall–Kier alpha value is -4.63. The van der Waals surface area contributed by atoms with Crippen molar-refractivity contribution >= 4 is 32.7 Å². The van der Waals surface area contributed by atoms with Gasteiger partial charge in [0, 0.05) is 17.7 Å². The molecule has 4 aromatic carbocycles. The highest BCUT2D eigenvalue weighted by molar-refractivity contribution is 7.90. The summed E-state index contributed by atoms with van der Waals surface area (Å²) in [7, 11) is -4.26. The van der Waals surface area contributed by atoms with Crippen LogP contribution in [0.25, 0.3) is 33.5 Å². The van der Waals surface area contributed by atoms with E-state index in [4.69, 9.17) is 5.73 Å². The highest BCUT2D eigenvalue weighted by atomic mass is 32.2. The molecule has 0 aliphatic heterocycles. The molecule has 0 saturated carbocycles. The van der Waals surface area contributed by atoms with Crippen molar-refractivity contribution in [1.29, 1.82) is 0 Å². The Morgan fingerprint density at radius 3 is 2.42 bits per heavy atom. The normalized spacial score (nSPS) is 11.5. The summed E-state index contributed by atoms with van der Waals surface area (Å²) in [4.78, 5) is 20.1. The number of nitrogens with two attached hydrogens (primary N) is 1. The molecule has 1 aromatic heterocycles. The molecule has 0 radical (unpaired) electrons. The molecule has 0 aliphatic rings. The van der Waals surface area contributed by atoms with Crippen molar-refractivity contribution in [2.75, 3.05) is 5.73 Å². The topological polar surface area (TPSA) is 138 Å². The number of hydrogen-bond acceptors (Lipinski definition) is 6. The fourth-order valence-electron chi connectivity index (χ4n) is 4.31. The minimum atomic E-state index is -4.26. The predicted molar refractivity (Wildman–Crippen MR) is 148 cm³/mol. The third kappa shape index (κ3) is 5.37. The average Bonchev–Trinajstić information content (AvgIpc) is 3.33. The molecule has 0 bridgehead atoms. The number of fused-ring (bicyclic) bond motifs is 1. The number of aromatic amines is 1.